The second-order valence-corrected chi connectivity index (χ2v) is 9.50. The predicted octanol–water partition coefficient (Wildman–Crippen LogP) is 4.78. The molecule has 2 N–H and O–H groups in total. The minimum Gasteiger partial charge on any atom is -0.388 e. The Kier molecular flexibility index (Phi) is 6.40. The molecule has 0 unspecified atom stereocenters. The minimum atomic E-state index is -0.667. The Bertz CT molecular complexity index is 1400. The standard InChI is InChI=1S/C26H29F2N7O/c1-5-34-12-18(13-34)25(36)16-6-7-22(29-10-16)32-26-30-11-20(28)23(33-26)17-8-19(27)24-21(9-17)35(14(2)3)15(4)31-24/h6-11,14,18,25,36H,5,12-13H2,1-4H3,(H,29,30,32,33)/t25-/m0/s1. The van der Waals surface area contributed by atoms with Gasteiger partial charge >= 0.3 is 0 Å². The van der Waals surface area contributed by atoms with Crippen LogP contribution in [0.2, 0.25) is 0 Å². The molecule has 0 spiro atoms. The van der Waals surface area contributed by atoms with E-state index >= 15 is 0 Å². The molecule has 1 aliphatic heterocycles. The quantitative estimate of drug-likeness (QED) is 0.383. The summed E-state index contributed by atoms with van der Waals surface area (Å²) >= 11 is 0. The normalized spacial score (nSPS) is 15.4. The summed E-state index contributed by atoms with van der Waals surface area (Å²) in [4.78, 5) is 19.3. The zero-order valence-corrected chi connectivity index (χ0v) is 20.7. The molecule has 4 aromatic rings. The molecule has 0 aliphatic carbocycles. The second-order valence-electron chi connectivity index (χ2n) is 9.50. The highest BCUT2D eigenvalue weighted by atomic mass is 19.1. The van der Waals surface area contributed by atoms with Crippen LogP contribution < -0.4 is 5.32 Å². The highest BCUT2D eigenvalue weighted by Gasteiger charge is 2.32. The fourth-order valence-electron chi connectivity index (χ4n) is 4.80. The molecule has 10 heteroatoms. The van der Waals surface area contributed by atoms with E-state index in [0.29, 0.717) is 17.2 Å². The number of aliphatic hydroxyl groups is 1. The van der Waals surface area contributed by atoms with Gasteiger partial charge < -0.3 is 19.9 Å². The zero-order valence-electron chi connectivity index (χ0n) is 20.7. The highest BCUT2D eigenvalue weighted by Crippen LogP contribution is 2.31. The maximum absolute atomic E-state index is 14.9. The summed E-state index contributed by atoms with van der Waals surface area (Å²) in [5, 5.41) is 13.6. The number of aromatic nitrogens is 5. The lowest BCUT2D eigenvalue weighted by Crippen LogP contribution is -2.48. The molecule has 8 nitrogen and oxygen atoms in total. The zero-order chi connectivity index (χ0) is 25.6. The largest absolute Gasteiger partial charge is 0.388 e. The first kappa shape index (κ1) is 24.2. The van der Waals surface area contributed by atoms with Crippen molar-refractivity contribution in [2.75, 3.05) is 25.0 Å². The molecule has 4 heterocycles. The number of aryl methyl sites for hydroxylation is 1. The molecule has 3 aromatic heterocycles. The lowest BCUT2D eigenvalue weighted by molar-refractivity contribution is -0.00230. The first-order valence-electron chi connectivity index (χ1n) is 12.1. The minimum absolute atomic E-state index is 0.0278. The van der Waals surface area contributed by atoms with Gasteiger partial charge in [-0.15, -0.1) is 0 Å². The summed E-state index contributed by atoms with van der Waals surface area (Å²) in [5.41, 5.74) is 1.82. The van der Waals surface area contributed by atoms with Gasteiger partial charge in [-0.1, -0.05) is 13.0 Å². The van der Waals surface area contributed by atoms with Crippen molar-refractivity contribution < 1.29 is 13.9 Å². The summed E-state index contributed by atoms with van der Waals surface area (Å²) in [6, 6.07) is 6.51. The predicted molar refractivity (Wildman–Crippen MR) is 134 cm³/mol. The Hall–Kier alpha value is -3.50. The number of benzene rings is 1. The lowest BCUT2D eigenvalue weighted by Gasteiger charge is -2.41. The number of nitrogens with zero attached hydrogens (tertiary/aromatic N) is 6. The van der Waals surface area contributed by atoms with Gasteiger partial charge in [0.25, 0.3) is 0 Å². The smallest absolute Gasteiger partial charge is 0.229 e. The van der Waals surface area contributed by atoms with E-state index in [4.69, 9.17) is 0 Å². The summed E-state index contributed by atoms with van der Waals surface area (Å²) < 4.78 is 31.6. The third-order valence-electron chi connectivity index (χ3n) is 6.71. The van der Waals surface area contributed by atoms with Crippen molar-refractivity contribution in [2.24, 2.45) is 5.92 Å². The van der Waals surface area contributed by atoms with Crippen LogP contribution in [0.1, 0.15) is 44.3 Å². The number of hydrogen-bond donors (Lipinski definition) is 2. The number of aliphatic hydroxyl groups excluding tert-OH is 1. The van der Waals surface area contributed by atoms with Crippen molar-refractivity contribution in [3.63, 3.8) is 0 Å². The molecule has 36 heavy (non-hydrogen) atoms. The van der Waals surface area contributed by atoms with Crippen LogP contribution in [0.5, 0.6) is 0 Å². The summed E-state index contributed by atoms with van der Waals surface area (Å²) in [7, 11) is 0. The molecule has 0 bridgehead atoms. The Labute approximate surface area is 208 Å². The van der Waals surface area contributed by atoms with E-state index in [0.717, 1.165) is 31.4 Å². The Morgan fingerprint density at radius 1 is 1.08 bits per heavy atom. The van der Waals surface area contributed by atoms with Gasteiger partial charge in [0.15, 0.2) is 11.6 Å². The van der Waals surface area contributed by atoms with E-state index in [1.807, 2.05) is 25.3 Å². The van der Waals surface area contributed by atoms with Crippen LogP contribution in [0.25, 0.3) is 22.3 Å². The summed E-state index contributed by atoms with van der Waals surface area (Å²) in [6.07, 6.45) is 2.09. The van der Waals surface area contributed by atoms with Crippen molar-refractivity contribution in [3.05, 3.63) is 59.7 Å². The Balaban J connectivity index is 1.40. The van der Waals surface area contributed by atoms with Gasteiger partial charge in [0, 0.05) is 36.8 Å². The lowest BCUT2D eigenvalue weighted by atomic mass is 9.90. The fraction of sp³-hybridized carbons (Fsp3) is 0.385. The van der Waals surface area contributed by atoms with Crippen LogP contribution >= 0.6 is 0 Å². The van der Waals surface area contributed by atoms with Crippen molar-refractivity contribution in [2.45, 2.75) is 39.8 Å². The molecule has 1 fully saturated rings. The number of nitrogens with one attached hydrogen (secondary N) is 1. The average Bonchev–Trinajstić information content (AvgIpc) is 3.16. The third kappa shape index (κ3) is 4.42. The van der Waals surface area contributed by atoms with Crippen molar-refractivity contribution >= 4 is 22.8 Å². The summed E-state index contributed by atoms with van der Waals surface area (Å²) in [6.45, 7) is 10.6. The van der Waals surface area contributed by atoms with E-state index in [1.165, 1.54) is 6.07 Å². The highest BCUT2D eigenvalue weighted by molar-refractivity contribution is 5.83. The van der Waals surface area contributed by atoms with Crippen LogP contribution in [0.4, 0.5) is 20.5 Å². The van der Waals surface area contributed by atoms with Crippen molar-refractivity contribution in [1.82, 2.24) is 29.4 Å². The van der Waals surface area contributed by atoms with Crippen molar-refractivity contribution in [3.8, 4) is 11.3 Å². The molecule has 0 radical (unpaired) electrons. The van der Waals surface area contributed by atoms with E-state index in [9.17, 15) is 13.9 Å². The molecule has 1 saturated heterocycles. The second kappa shape index (κ2) is 9.51. The van der Waals surface area contributed by atoms with Gasteiger partial charge in [-0.25, -0.2) is 28.7 Å². The van der Waals surface area contributed by atoms with E-state index < -0.39 is 17.7 Å². The first-order valence-corrected chi connectivity index (χ1v) is 12.1. The molecule has 1 atom stereocenters. The number of anilines is 2. The molecule has 0 saturated carbocycles. The number of halogens is 2. The number of fused-ring (bicyclic) bond motifs is 1. The van der Waals surface area contributed by atoms with Crippen LogP contribution in [0.3, 0.4) is 0 Å². The molecule has 0 amide bonds. The van der Waals surface area contributed by atoms with Crippen LogP contribution in [0.15, 0.2) is 36.7 Å². The molecule has 1 aromatic carbocycles. The van der Waals surface area contributed by atoms with E-state index in [1.54, 1.807) is 24.4 Å². The van der Waals surface area contributed by atoms with Gasteiger partial charge in [0.2, 0.25) is 5.95 Å². The monoisotopic (exact) mass is 493 g/mol. The Morgan fingerprint density at radius 3 is 2.53 bits per heavy atom. The summed E-state index contributed by atoms with van der Waals surface area (Å²) in [5.74, 6) is 0.242. The van der Waals surface area contributed by atoms with Gasteiger partial charge in [-0.3, -0.25) is 0 Å². The van der Waals surface area contributed by atoms with Crippen LogP contribution in [0, 0.1) is 24.5 Å². The van der Waals surface area contributed by atoms with Crippen LogP contribution in [-0.4, -0.2) is 54.1 Å². The molecule has 5 rings (SSSR count). The maximum Gasteiger partial charge on any atom is 0.229 e. The third-order valence-corrected chi connectivity index (χ3v) is 6.71. The molecule has 1 aliphatic rings. The van der Waals surface area contributed by atoms with E-state index in [-0.39, 0.29) is 34.7 Å². The number of likely N-dealkylation sites (tertiary alicyclic amines) is 1. The van der Waals surface area contributed by atoms with Crippen LogP contribution in [-0.2, 0) is 0 Å². The first-order chi connectivity index (χ1) is 17.2. The average molecular weight is 494 g/mol. The van der Waals surface area contributed by atoms with Crippen molar-refractivity contribution in [1.29, 1.82) is 0 Å². The fourth-order valence-corrected chi connectivity index (χ4v) is 4.80. The maximum atomic E-state index is 14.9. The van der Waals surface area contributed by atoms with Gasteiger partial charge in [0.1, 0.15) is 22.9 Å². The van der Waals surface area contributed by atoms with Gasteiger partial charge in [-0.2, -0.15) is 0 Å². The SMILES string of the molecule is CCN1CC([C@@H](O)c2ccc(Nc3ncc(F)c(-c4cc(F)c5nc(C)n(C(C)C)c5c4)n3)nc2)C1. The van der Waals surface area contributed by atoms with E-state index in [2.05, 4.69) is 37.1 Å². The Morgan fingerprint density at radius 2 is 1.86 bits per heavy atom. The molecular weight excluding hydrogens is 464 g/mol. The number of hydrogen-bond acceptors (Lipinski definition) is 7. The van der Waals surface area contributed by atoms with Gasteiger partial charge in [-0.05, 0) is 51.1 Å². The number of rotatable bonds is 7. The topological polar surface area (TPSA) is 92.0 Å². The molecular formula is C26H29F2N7O. The number of imidazole rings is 1. The number of pyridine rings is 1. The van der Waals surface area contributed by atoms with Gasteiger partial charge in [0.05, 0.1) is 17.8 Å². The molecule has 188 valence electrons.